The van der Waals surface area contributed by atoms with Crippen molar-refractivity contribution in [3.63, 3.8) is 0 Å². The molecule has 262 valence electrons. The van der Waals surface area contributed by atoms with E-state index < -0.39 is 5.41 Å². The number of nitriles is 1. The molecule has 0 bridgehead atoms. The number of hydrogen-bond donors (Lipinski definition) is 4. The lowest BCUT2D eigenvalue weighted by Crippen LogP contribution is -2.50. The highest BCUT2D eigenvalue weighted by Crippen LogP contribution is 2.49. The quantitative estimate of drug-likeness (QED) is 0.221. The molecule has 3 fully saturated rings. The summed E-state index contributed by atoms with van der Waals surface area (Å²) >= 11 is 0. The average molecular weight is 676 g/mol. The Kier molecular flexibility index (Phi) is 9.73. The molecule has 1 saturated heterocycles. The molecule has 3 aliphatic carbocycles. The number of nitrogens with one attached hydrogen (secondary N) is 4. The number of aryl methyl sites for hydroxylation is 2. The second kappa shape index (κ2) is 14.4. The number of H-pyrrole nitrogens is 1. The van der Waals surface area contributed by atoms with Gasteiger partial charge < -0.3 is 20.9 Å². The van der Waals surface area contributed by atoms with Crippen LogP contribution in [0.1, 0.15) is 109 Å². The highest BCUT2D eigenvalue weighted by molar-refractivity contribution is 5.94. The van der Waals surface area contributed by atoms with E-state index >= 15 is 0 Å². The topological polar surface area (TPSA) is 152 Å². The molecular weight excluding hydrogens is 626 g/mol. The zero-order valence-corrected chi connectivity index (χ0v) is 29.3. The summed E-state index contributed by atoms with van der Waals surface area (Å²) in [4.78, 5) is 28.8. The Labute approximate surface area is 294 Å². The molecular formula is C39H49N9O2. The normalized spacial score (nSPS) is 24.6. The van der Waals surface area contributed by atoms with Crippen LogP contribution in [-0.2, 0) is 23.1 Å². The number of aromatic amines is 1. The molecule has 50 heavy (non-hydrogen) atoms. The maximum Gasteiger partial charge on any atom is 0.251 e. The van der Waals surface area contributed by atoms with Crippen LogP contribution in [0.2, 0.25) is 0 Å². The first kappa shape index (κ1) is 33.9. The zero-order valence-electron chi connectivity index (χ0n) is 29.3. The molecule has 7 rings (SSSR count). The number of tetrazole rings is 1. The highest BCUT2D eigenvalue weighted by atomic mass is 16.2. The summed E-state index contributed by atoms with van der Waals surface area (Å²) in [5.41, 5.74) is 6.19. The second-order valence-corrected chi connectivity index (χ2v) is 14.6. The molecule has 0 spiro atoms. The van der Waals surface area contributed by atoms with Crippen LogP contribution in [0.15, 0.2) is 43.0 Å². The zero-order chi connectivity index (χ0) is 34.8. The van der Waals surface area contributed by atoms with Gasteiger partial charge in [0.1, 0.15) is 6.04 Å². The fourth-order valence-corrected chi connectivity index (χ4v) is 9.18. The first-order chi connectivity index (χ1) is 24.4. The van der Waals surface area contributed by atoms with Crippen molar-refractivity contribution in [2.45, 2.75) is 102 Å². The Morgan fingerprint density at radius 1 is 1.02 bits per heavy atom. The molecule has 0 radical (unpaired) electrons. The summed E-state index contributed by atoms with van der Waals surface area (Å²) in [6.45, 7) is 9.81. The third-order valence-electron chi connectivity index (χ3n) is 11.7. The number of benzene rings is 2. The Morgan fingerprint density at radius 3 is 2.38 bits per heavy atom. The largest absolute Gasteiger partial charge is 0.385 e. The minimum Gasteiger partial charge on any atom is -0.385 e. The molecule has 4 aliphatic rings. The maximum absolute atomic E-state index is 13.8. The lowest BCUT2D eigenvalue weighted by atomic mass is 9.65. The van der Waals surface area contributed by atoms with Crippen molar-refractivity contribution in [2.75, 3.05) is 19.6 Å². The van der Waals surface area contributed by atoms with Gasteiger partial charge in [0.15, 0.2) is 5.82 Å². The SMILES string of the molecule is C=C(NCC)c1ccc2c(c1)CCc1cc(C(=O)NCC)ccc1C2(C[C@H](NCC(=O)N1C(C#N)C[C@@H]2C[C@@H]21)C1CCCCC1)c1nnn[nH]1. The summed E-state index contributed by atoms with van der Waals surface area (Å²) in [6.07, 6.45) is 9.58. The third-order valence-corrected chi connectivity index (χ3v) is 11.7. The lowest BCUT2D eigenvalue weighted by Gasteiger charge is -2.41. The van der Waals surface area contributed by atoms with Crippen molar-refractivity contribution in [1.29, 1.82) is 5.26 Å². The molecule has 1 aromatic heterocycles. The number of piperidine rings is 1. The Morgan fingerprint density at radius 2 is 1.72 bits per heavy atom. The van der Waals surface area contributed by atoms with Crippen molar-refractivity contribution < 1.29 is 9.59 Å². The van der Waals surface area contributed by atoms with Gasteiger partial charge in [-0.15, -0.1) is 5.10 Å². The van der Waals surface area contributed by atoms with E-state index in [1.807, 2.05) is 24.0 Å². The molecule has 2 aromatic carbocycles. The predicted octanol–water partition coefficient (Wildman–Crippen LogP) is 4.40. The van der Waals surface area contributed by atoms with E-state index in [1.54, 1.807) is 0 Å². The van der Waals surface area contributed by atoms with Crippen LogP contribution in [0.5, 0.6) is 0 Å². The van der Waals surface area contributed by atoms with Crippen LogP contribution < -0.4 is 16.0 Å². The number of rotatable bonds is 12. The molecule has 2 unspecified atom stereocenters. The lowest BCUT2D eigenvalue weighted by molar-refractivity contribution is -0.131. The number of hydrogen-bond acceptors (Lipinski definition) is 8. The van der Waals surface area contributed by atoms with Gasteiger partial charge in [0.2, 0.25) is 5.91 Å². The number of nitrogens with zero attached hydrogens (tertiary/aromatic N) is 5. The summed E-state index contributed by atoms with van der Waals surface area (Å²) in [5, 5.41) is 36.0. The summed E-state index contributed by atoms with van der Waals surface area (Å²) < 4.78 is 0. The number of fused-ring (bicyclic) bond motifs is 3. The Balaban J connectivity index is 1.34. The van der Waals surface area contributed by atoms with Crippen molar-refractivity contribution >= 4 is 17.5 Å². The van der Waals surface area contributed by atoms with Gasteiger partial charge in [-0.3, -0.25) is 9.59 Å². The van der Waals surface area contributed by atoms with Gasteiger partial charge in [0.25, 0.3) is 5.91 Å². The summed E-state index contributed by atoms with van der Waals surface area (Å²) in [7, 11) is 0. The first-order valence-electron chi connectivity index (χ1n) is 18.5. The minimum absolute atomic E-state index is 0.0116. The molecule has 2 amide bonds. The van der Waals surface area contributed by atoms with Gasteiger partial charge in [-0.1, -0.05) is 44.0 Å². The fraction of sp³-hybridized carbons (Fsp3) is 0.538. The Bertz CT molecular complexity index is 1700. The van der Waals surface area contributed by atoms with Crippen LogP contribution in [0, 0.1) is 23.2 Å². The maximum atomic E-state index is 13.8. The van der Waals surface area contributed by atoms with E-state index in [9.17, 15) is 14.9 Å². The van der Waals surface area contributed by atoms with Crippen molar-refractivity contribution in [3.05, 3.63) is 82.2 Å². The fourth-order valence-electron chi connectivity index (χ4n) is 9.18. The predicted molar refractivity (Wildman–Crippen MR) is 191 cm³/mol. The van der Waals surface area contributed by atoms with E-state index in [1.165, 1.54) is 12.0 Å². The molecule has 11 nitrogen and oxygen atoms in total. The van der Waals surface area contributed by atoms with E-state index in [2.05, 4.69) is 80.4 Å². The third kappa shape index (κ3) is 6.30. The van der Waals surface area contributed by atoms with Crippen molar-refractivity contribution in [2.24, 2.45) is 11.8 Å². The molecule has 11 heteroatoms. The standard InChI is InChI=1S/C39H49N9O2/c1-4-41-24(3)26-13-15-32-27(17-26)11-12-28-18-29(37(50)42-5-2)14-16-33(28)39(32,38-44-46-47-45-38)21-34(25-9-7-6-8-10-25)43-23-36(49)48-31(22-40)19-30-20-35(30)48/h13-18,25,30-31,34-35,41,43H,3-12,19-21,23H2,1-2H3,(H,42,50)(H,44,45,46,47)/t30-,31?,34+,35+,39?/m1/s1. The van der Waals surface area contributed by atoms with Crippen LogP contribution in [0.3, 0.4) is 0 Å². The molecule has 2 heterocycles. The summed E-state index contributed by atoms with van der Waals surface area (Å²) in [6, 6.07) is 14.8. The molecule has 2 saturated carbocycles. The van der Waals surface area contributed by atoms with Gasteiger partial charge in [-0.2, -0.15) is 5.26 Å². The smallest absolute Gasteiger partial charge is 0.251 e. The first-order valence-corrected chi connectivity index (χ1v) is 18.5. The van der Waals surface area contributed by atoms with Gasteiger partial charge in [0.05, 0.1) is 18.0 Å². The number of likely N-dealkylation sites (tertiary alicyclic amines) is 1. The average Bonchev–Trinajstić information content (AvgIpc) is 3.51. The van der Waals surface area contributed by atoms with Crippen LogP contribution >= 0.6 is 0 Å². The van der Waals surface area contributed by atoms with Crippen LogP contribution in [-0.4, -0.2) is 75.1 Å². The van der Waals surface area contributed by atoms with Gasteiger partial charge >= 0.3 is 0 Å². The Hall–Kier alpha value is -4.56. The van der Waals surface area contributed by atoms with Gasteiger partial charge in [-0.25, -0.2) is 5.10 Å². The number of carbonyl (C=O) groups excluding carboxylic acids is 2. The molecule has 3 aromatic rings. The van der Waals surface area contributed by atoms with E-state index in [4.69, 9.17) is 0 Å². The van der Waals surface area contributed by atoms with Crippen molar-refractivity contribution in [1.82, 2.24) is 41.5 Å². The van der Waals surface area contributed by atoms with E-state index in [0.717, 1.165) is 85.9 Å². The number of amides is 2. The van der Waals surface area contributed by atoms with Crippen molar-refractivity contribution in [3.8, 4) is 6.07 Å². The highest BCUT2D eigenvalue weighted by Gasteiger charge is 2.54. The van der Waals surface area contributed by atoms with E-state index in [0.29, 0.717) is 36.2 Å². The van der Waals surface area contributed by atoms with Gasteiger partial charge in [0, 0.05) is 36.4 Å². The monoisotopic (exact) mass is 675 g/mol. The van der Waals surface area contributed by atoms with Gasteiger partial charge in [-0.05, 0) is 127 Å². The summed E-state index contributed by atoms with van der Waals surface area (Å²) in [5.74, 6) is 1.38. The van der Waals surface area contributed by atoms with Crippen LogP contribution in [0.4, 0.5) is 0 Å². The second-order valence-electron chi connectivity index (χ2n) is 14.6. The van der Waals surface area contributed by atoms with Crippen LogP contribution in [0.25, 0.3) is 5.70 Å². The minimum atomic E-state index is -0.801. The molecule has 1 aliphatic heterocycles. The number of carbonyl (C=O) groups is 2. The molecule has 5 atom stereocenters. The number of aromatic nitrogens is 4. The molecule has 4 N–H and O–H groups in total. The van der Waals surface area contributed by atoms with E-state index in [-0.39, 0.29) is 36.5 Å².